The molecule has 0 saturated heterocycles. The molecule has 0 spiro atoms. The Kier molecular flexibility index (Phi) is 4.73. The molecule has 0 fully saturated rings. The summed E-state index contributed by atoms with van der Waals surface area (Å²) in [6, 6.07) is 11.5. The molecular formula is C16H16N2O4. The quantitative estimate of drug-likeness (QED) is 0.679. The van der Waals surface area contributed by atoms with E-state index < -0.39 is 4.92 Å². The molecular weight excluding hydrogens is 284 g/mol. The molecule has 2 aromatic carbocycles. The van der Waals surface area contributed by atoms with Crippen molar-refractivity contribution in [2.75, 3.05) is 11.9 Å². The predicted molar refractivity (Wildman–Crippen MR) is 83.1 cm³/mol. The summed E-state index contributed by atoms with van der Waals surface area (Å²) in [5.41, 5.74) is 2.61. The Morgan fingerprint density at radius 3 is 2.45 bits per heavy atom. The Balaban J connectivity index is 1.99. The summed E-state index contributed by atoms with van der Waals surface area (Å²) in [4.78, 5) is 22.1. The number of ether oxygens (including phenoxy) is 1. The molecule has 0 heterocycles. The number of amides is 1. The van der Waals surface area contributed by atoms with E-state index in [9.17, 15) is 14.9 Å². The Bertz CT molecular complexity index is 693. The van der Waals surface area contributed by atoms with Crippen LogP contribution in [0.3, 0.4) is 0 Å². The lowest BCUT2D eigenvalue weighted by Crippen LogP contribution is -2.21. The molecule has 2 rings (SSSR count). The van der Waals surface area contributed by atoms with Crippen LogP contribution in [0.25, 0.3) is 0 Å². The first kappa shape index (κ1) is 15.5. The number of para-hydroxylation sites is 1. The monoisotopic (exact) mass is 300 g/mol. The van der Waals surface area contributed by atoms with Crippen LogP contribution in [0.4, 0.5) is 11.4 Å². The van der Waals surface area contributed by atoms with Gasteiger partial charge in [-0.15, -0.1) is 0 Å². The molecule has 22 heavy (non-hydrogen) atoms. The Hall–Kier alpha value is -2.89. The van der Waals surface area contributed by atoms with Gasteiger partial charge in [-0.1, -0.05) is 24.3 Å². The number of hydrogen-bond donors (Lipinski definition) is 1. The Labute approximate surface area is 127 Å². The Morgan fingerprint density at radius 2 is 1.82 bits per heavy atom. The second-order valence-corrected chi connectivity index (χ2v) is 4.86. The van der Waals surface area contributed by atoms with Gasteiger partial charge in [0.2, 0.25) is 0 Å². The topological polar surface area (TPSA) is 81.5 Å². The number of hydrogen-bond acceptors (Lipinski definition) is 4. The number of carbonyl (C=O) groups excluding carboxylic acids is 1. The predicted octanol–water partition coefficient (Wildman–Crippen LogP) is 3.23. The molecule has 0 saturated carbocycles. The van der Waals surface area contributed by atoms with Crippen LogP contribution in [0.1, 0.15) is 11.1 Å². The molecule has 0 aliphatic rings. The summed E-state index contributed by atoms with van der Waals surface area (Å²) in [6.45, 7) is 3.60. The van der Waals surface area contributed by atoms with Crippen molar-refractivity contribution in [3.63, 3.8) is 0 Å². The minimum absolute atomic E-state index is 0.0762. The van der Waals surface area contributed by atoms with Crippen LogP contribution in [-0.2, 0) is 4.79 Å². The lowest BCUT2D eigenvalue weighted by molar-refractivity contribution is -0.384. The standard InChI is InChI=1S/C16H16N2O4/c1-11-5-3-6-12(2)16(11)17-15(19)10-22-14-8-4-7-13(9-14)18(20)21/h3-9H,10H2,1-2H3,(H,17,19). The van der Waals surface area contributed by atoms with Gasteiger partial charge in [-0.2, -0.15) is 0 Å². The van der Waals surface area contributed by atoms with Gasteiger partial charge >= 0.3 is 0 Å². The summed E-state index contributed by atoms with van der Waals surface area (Å²) in [6.07, 6.45) is 0. The van der Waals surface area contributed by atoms with Gasteiger partial charge in [0, 0.05) is 11.8 Å². The van der Waals surface area contributed by atoms with E-state index >= 15 is 0 Å². The van der Waals surface area contributed by atoms with Crippen LogP contribution in [0.5, 0.6) is 5.75 Å². The molecule has 0 radical (unpaired) electrons. The number of nitro benzene ring substituents is 1. The molecule has 6 heteroatoms. The highest BCUT2D eigenvalue weighted by Gasteiger charge is 2.10. The zero-order valence-corrected chi connectivity index (χ0v) is 12.3. The summed E-state index contributed by atoms with van der Waals surface area (Å²) in [5.74, 6) is -0.0326. The number of nitrogens with zero attached hydrogens (tertiary/aromatic N) is 1. The molecule has 2 aromatic rings. The smallest absolute Gasteiger partial charge is 0.273 e. The average Bonchev–Trinajstić information content (AvgIpc) is 2.49. The summed E-state index contributed by atoms with van der Waals surface area (Å²) < 4.78 is 5.29. The van der Waals surface area contributed by atoms with E-state index in [0.29, 0.717) is 0 Å². The van der Waals surface area contributed by atoms with Crippen molar-refractivity contribution in [1.29, 1.82) is 0 Å². The SMILES string of the molecule is Cc1cccc(C)c1NC(=O)COc1cccc([N+](=O)[O-])c1. The molecule has 0 atom stereocenters. The molecule has 0 bridgehead atoms. The van der Waals surface area contributed by atoms with Gasteiger partial charge in [-0.3, -0.25) is 14.9 Å². The van der Waals surface area contributed by atoms with Crippen LogP contribution < -0.4 is 10.1 Å². The molecule has 1 N–H and O–H groups in total. The van der Waals surface area contributed by atoms with E-state index in [1.165, 1.54) is 18.2 Å². The first-order valence-corrected chi connectivity index (χ1v) is 6.70. The summed E-state index contributed by atoms with van der Waals surface area (Å²) >= 11 is 0. The molecule has 1 amide bonds. The molecule has 0 aliphatic carbocycles. The van der Waals surface area contributed by atoms with Crippen molar-refractivity contribution in [3.8, 4) is 5.75 Å². The van der Waals surface area contributed by atoms with Crippen LogP contribution in [0, 0.1) is 24.0 Å². The van der Waals surface area contributed by atoms with E-state index in [-0.39, 0.29) is 24.0 Å². The van der Waals surface area contributed by atoms with Crippen molar-refractivity contribution in [2.45, 2.75) is 13.8 Å². The highest BCUT2D eigenvalue weighted by atomic mass is 16.6. The Morgan fingerprint density at radius 1 is 1.18 bits per heavy atom. The first-order chi connectivity index (χ1) is 10.5. The van der Waals surface area contributed by atoms with Gasteiger partial charge in [0.25, 0.3) is 11.6 Å². The lowest BCUT2D eigenvalue weighted by atomic mass is 10.1. The number of anilines is 1. The van der Waals surface area contributed by atoms with Crippen LogP contribution in [-0.4, -0.2) is 17.4 Å². The normalized spacial score (nSPS) is 10.1. The van der Waals surface area contributed by atoms with Gasteiger partial charge in [0.05, 0.1) is 11.0 Å². The van der Waals surface area contributed by atoms with Crippen molar-refractivity contribution in [1.82, 2.24) is 0 Å². The van der Waals surface area contributed by atoms with Gasteiger partial charge < -0.3 is 10.1 Å². The van der Waals surface area contributed by atoms with Gasteiger partial charge in [0.15, 0.2) is 6.61 Å². The van der Waals surface area contributed by atoms with Crippen molar-refractivity contribution in [2.24, 2.45) is 0 Å². The molecule has 0 aliphatic heterocycles. The second kappa shape index (κ2) is 6.71. The maximum Gasteiger partial charge on any atom is 0.273 e. The number of nitro groups is 1. The fourth-order valence-corrected chi connectivity index (χ4v) is 2.02. The maximum absolute atomic E-state index is 11.9. The van der Waals surface area contributed by atoms with Crippen molar-refractivity contribution in [3.05, 3.63) is 63.7 Å². The maximum atomic E-state index is 11.9. The first-order valence-electron chi connectivity index (χ1n) is 6.70. The highest BCUT2D eigenvalue weighted by Crippen LogP contribution is 2.20. The van der Waals surface area contributed by atoms with Gasteiger partial charge in [-0.25, -0.2) is 0 Å². The zero-order valence-electron chi connectivity index (χ0n) is 12.3. The van der Waals surface area contributed by atoms with Gasteiger partial charge in [-0.05, 0) is 31.0 Å². The van der Waals surface area contributed by atoms with Crippen molar-refractivity contribution >= 4 is 17.3 Å². The molecule has 6 nitrogen and oxygen atoms in total. The van der Waals surface area contributed by atoms with Crippen LogP contribution >= 0.6 is 0 Å². The molecule has 0 unspecified atom stereocenters. The second-order valence-electron chi connectivity index (χ2n) is 4.86. The number of aryl methyl sites for hydroxylation is 2. The van der Waals surface area contributed by atoms with Crippen LogP contribution in [0.2, 0.25) is 0 Å². The fourth-order valence-electron chi connectivity index (χ4n) is 2.02. The number of carbonyl (C=O) groups is 1. The minimum Gasteiger partial charge on any atom is -0.484 e. The largest absolute Gasteiger partial charge is 0.484 e. The van der Waals surface area contributed by atoms with E-state index in [4.69, 9.17) is 4.74 Å². The third kappa shape index (κ3) is 3.82. The van der Waals surface area contributed by atoms with E-state index in [1.807, 2.05) is 32.0 Å². The lowest BCUT2D eigenvalue weighted by Gasteiger charge is -2.12. The van der Waals surface area contributed by atoms with Crippen molar-refractivity contribution < 1.29 is 14.5 Å². The molecule has 114 valence electrons. The minimum atomic E-state index is -0.510. The zero-order chi connectivity index (χ0) is 16.1. The summed E-state index contributed by atoms with van der Waals surface area (Å²) in [7, 11) is 0. The average molecular weight is 300 g/mol. The fraction of sp³-hybridized carbons (Fsp3) is 0.188. The van der Waals surface area contributed by atoms with E-state index in [2.05, 4.69) is 5.32 Å². The highest BCUT2D eigenvalue weighted by molar-refractivity contribution is 5.93. The van der Waals surface area contributed by atoms with Gasteiger partial charge in [0.1, 0.15) is 5.75 Å². The summed E-state index contributed by atoms with van der Waals surface area (Å²) in [5, 5.41) is 13.5. The van der Waals surface area contributed by atoms with E-state index in [0.717, 1.165) is 16.8 Å². The molecule has 0 aromatic heterocycles. The van der Waals surface area contributed by atoms with E-state index in [1.54, 1.807) is 6.07 Å². The number of nitrogens with one attached hydrogen (secondary N) is 1. The number of non-ortho nitro benzene ring substituents is 1. The third-order valence-corrected chi connectivity index (χ3v) is 3.14. The third-order valence-electron chi connectivity index (χ3n) is 3.14. The number of rotatable bonds is 5. The number of benzene rings is 2. The van der Waals surface area contributed by atoms with Crippen LogP contribution in [0.15, 0.2) is 42.5 Å².